The number of rotatable bonds is 8. The Kier molecular flexibility index (Phi) is 6.49. The van der Waals surface area contributed by atoms with E-state index in [0.717, 1.165) is 30.8 Å². The average molecular weight is 301 g/mol. The zero-order valence-electron chi connectivity index (χ0n) is 12.8. The van der Waals surface area contributed by atoms with Crippen LogP contribution in [0.3, 0.4) is 0 Å². The molecular formula is C14H25ClN4O. The Hall–Kier alpha value is -1.07. The zero-order valence-corrected chi connectivity index (χ0v) is 13.5. The van der Waals surface area contributed by atoms with Crippen molar-refractivity contribution in [3.05, 3.63) is 16.7 Å². The SMILES string of the molecule is CCCCc1nc(Cl)c(CNCC(C)(C)C(=O)NC)[nH]1. The fourth-order valence-electron chi connectivity index (χ4n) is 1.94. The first-order valence-electron chi connectivity index (χ1n) is 7.07. The van der Waals surface area contributed by atoms with Crippen LogP contribution in [0, 0.1) is 5.41 Å². The highest BCUT2D eigenvalue weighted by Crippen LogP contribution is 2.16. The number of hydrogen-bond donors (Lipinski definition) is 3. The molecule has 1 aromatic rings. The van der Waals surface area contributed by atoms with Crippen LogP contribution in [0.4, 0.5) is 0 Å². The molecule has 0 bridgehead atoms. The number of carbonyl (C=O) groups is 1. The van der Waals surface area contributed by atoms with Gasteiger partial charge in [0.25, 0.3) is 0 Å². The summed E-state index contributed by atoms with van der Waals surface area (Å²) in [4.78, 5) is 19.2. The number of aromatic nitrogens is 2. The van der Waals surface area contributed by atoms with Gasteiger partial charge in [-0.15, -0.1) is 0 Å². The number of amides is 1. The maximum absolute atomic E-state index is 11.7. The molecule has 5 nitrogen and oxygen atoms in total. The molecule has 1 rings (SSSR count). The smallest absolute Gasteiger partial charge is 0.226 e. The third kappa shape index (κ3) is 4.80. The first-order valence-corrected chi connectivity index (χ1v) is 7.44. The Balaban J connectivity index is 2.49. The summed E-state index contributed by atoms with van der Waals surface area (Å²) in [6, 6.07) is 0. The van der Waals surface area contributed by atoms with Gasteiger partial charge in [0, 0.05) is 26.6 Å². The van der Waals surface area contributed by atoms with Gasteiger partial charge >= 0.3 is 0 Å². The highest BCUT2D eigenvalue weighted by molar-refractivity contribution is 6.30. The molecule has 1 amide bonds. The number of unbranched alkanes of at least 4 members (excludes halogenated alkanes) is 1. The first kappa shape index (κ1) is 17.0. The molecule has 0 saturated carbocycles. The maximum atomic E-state index is 11.7. The molecule has 6 heteroatoms. The van der Waals surface area contributed by atoms with Crippen molar-refractivity contribution < 1.29 is 4.79 Å². The maximum Gasteiger partial charge on any atom is 0.226 e. The number of halogens is 1. The number of carbonyl (C=O) groups excluding carboxylic acids is 1. The third-order valence-electron chi connectivity index (χ3n) is 3.25. The Morgan fingerprint density at radius 3 is 2.75 bits per heavy atom. The topological polar surface area (TPSA) is 69.8 Å². The highest BCUT2D eigenvalue weighted by atomic mass is 35.5. The number of nitrogens with one attached hydrogen (secondary N) is 3. The van der Waals surface area contributed by atoms with Gasteiger partial charge in [-0.05, 0) is 20.3 Å². The summed E-state index contributed by atoms with van der Waals surface area (Å²) < 4.78 is 0. The van der Waals surface area contributed by atoms with Crippen molar-refractivity contribution in [3.8, 4) is 0 Å². The van der Waals surface area contributed by atoms with Crippen molar-refractivity contribution in [2.24, 2.45) is 5.41 Å². The molecule has 0 saturated heterocycles. The lowest BCUT2D eigenvalue weighted by Gasteiger charge is -2.22. The van der Waals surface area contributed by atoms with E-state index in [0.29, 0.717) is 18.2 Å². The standard InChI is InChI=1S/C14H25ClN4O/c1-5-6-7-11-18-10(12(15)19-11)8-17-9-14(2,3)13(20)16-4/h17H,5-9H2,1-4H3,(H,16,20)(H,18,19). The van der Waals surface area contributed by atoms with E-state index < -0.39 is 5.41 Å². The summed E-state index contributed by atoms with van der Waals surface area (Å²) in [5.41, 5.74) is 0.428. The normalized spacial score (nSPS) is 11.7. The molecule has 114 valence electrons. The number of hydrogen-bond acceptors (Lipinski definition) is 3. The van der Waals surface area contributed by atoms with Crippen LogP contribution < -0.4 is 10.6 Å². The second kappa shape index (κ2) is 7.64. The molecule has 0 unspecified atom stereocenters. The molecule has 20 heavy (non-hydrogen) atoms. The van der Waals surface area contributed by atoms with Crippen molar-refractivity contribution in [1.29, 1.82) is 0 Å². The lowest BCUT2D eigenvalue weighted by molar-refractivity contribution is -0.128. The molecule has 0 aliphatic heterocycles. The van der Waals surface area contributed by atoms with Gasteiger partial charge in [-0.3, -0.25) is 4.79 Å². The predicted molar refractivity (Wildman–Crippen MR) is 81.8 cm³/mol. The van der Waals surface area contributed by atoms with E-state index in [1.54, 1.807) is 7.05 Å². The van der Waals surface area contributed by atoms with Gasteiger partial charge in [-0.2, -0.15) is 0 Å². The van der Waals surface area contributed by atoms with Gasteiger partial charge in [0.2, 0.25) is 5.91 Å². The van der Waals surface area contributed by atoms with Crippen molar-refractivity contribution in [1.82, 2.24) is 20.6 Å². The number of aryl methyl sites for hydroxylation is 1. The molecule has 0 fully saturated rings. The summed E-state index contributed by atoms with van der Waals surface area (Å²) in [5, 5.41) is 6.43. The average Bonchev–Trinajstić information content (AvgIpc) is 2.76. The Morgan fingerprint density at radius 2 is 2.15 bits per heavy atom. The van der Waals surface area contributed by atoms with E-state index >= 15 is 0 Å². The Bertz CT molecular complexity index is 442. The molecular weight excluding hydrogens is 276 g/mol. The van der Waals surface area contributed by atoms with E-state index in [9.17, 15) is 4.79 Å². The monoisotopic (exact) mass is 300 g/mol. The minimum atomic E-state index is -0.452. The van der Waals surface area contributed by atoms with E-state index in [1.165, 1.54) is 0 Å². The minimum absolute atomic E-state index is 0.0179. The van der Waals surface area contributed by atoms with E-state index in [-0.39, 0.29) is 5.91 Å². The van der Waals surface area contributed by atoms with E-state index in [2.05, 4.69) is 27.5 Å². The van der Waals surface area contributed by atoms with Gasteiger partial charge in [0.05, 0.1) is 11.1 Å². The van der Waals surface area contributed by atoms with Crippen LogP contribution in [0.5, 0.6) is 0 Å². The van der Waals surface area contributed by atoms with Crippen molar-refractivity contribution >= 4 is 17.5 Å². The molecule has 1 heterocycles. The van der Waals surface area contributed by atoms with Gasteiger partial charge < -0.3 is 15.6 Å². The van der Waals surface area contributed by atoms with Crippen LogP contribution in [0.25, 0.3) is 0 Å². The largest absolute Gasteiger partial charge is 0.359 e. The molecule has 1 aromatic heterocycles. The molecule has 0 aliphatic rings. The first-order chi connectivity index (χ1) is 9.40. The number of imidazole rings is 1. The third-order valence-corrected chi connectivity index (χ3v) is 3.57. The molecule has 0 aromatic carbocycles. The predicted octanol–water partition coefficient (Wildman–Crippen LogP) is 2.27. The van der Waals surface area contributed by atoms with Gasteiger partial charge in [-0.1, -0.05) is 24.9 Å². The fourth-order valence-corrected chi connectivity index (χ4v) is 2.15. The molecule has 3 N–H and O–H groups in total. The summed E-state index contributed by atoms with van der Waals surface area (Å²) in [6.07, 6.45) is 3.15. The lowest BCUT2D eigenvalue weighted by atomic mass is 9.92. The van der Waals surface area contributed by atoms with Crippen LogP contribution in [0.15, 0.2) is 0 Å². The van der Waals surface area contributed by atoms with Crippen LogP contribution in [0.2, 0.25) is 5.15 Å². The number of H-pyrrole nitrogens is 1. The Morgan fingerprint density at radius 1 is 1.45 bits per heavy atom. The van der Waals surface area contributed by atoms with Crippen LogP contribution in [-0.4, -0.2) is 29.5 Å². The quantitative estimate of drug-likeness (QED) is 0.690. The molecule has 0 atom stereocenters. The summed E-state index contributed by atoms with van der Waals surface area (Å²) in [5.74, 6) is 0.948. The van der Waals surface area contributed by atoms with E-state index in [4.69, 9.17) is 11.6 Å². The second-order valence-electron chi connectivity index (χ2n) is 5.62. The van der Waals surface area contributed by atoms with Gasteiger partial charge in [0.1, 0.15) is 5.82 Å². The van der Waals surface area contributed by atoms with Crippen LogP contribution in [-0.2, 0) is 17.8 Å². The van der Waals surface area contributed by atoms with Crippen LogP contribution in [0.1, 0.15) is 45.1 Å². The van der Waals surface area contributed by atoms with Crippen LogP contribution >= 0.6 is 11.6 Å². The zero-order chi connectivity index (χ0) is 15.2. The van der Waals surface area contributed by atoms with Gasteiger partial charge in [-0.25, -0.2) is 4.98 Å². The molecule has 0 spiro atoms. The summed E-state index contributed by atoms with van der Waals surface area (Å²) >= 11 is 6.10. The Labute approximate surface area is 125 Å². The van der Waals surface area contributed by atoms with Crippen molar-refractivity contribution in [2.75, 3.05) is 13.6 Å². The molecule has 0 aliphatic carbocycles. The molecule has 0 radical (unpaired) electrons. The summed E-state index contributed by atoms with van der Waals surface area (Å²) in [7, 11) is 1.65. The number of nitrogens with zero attached hydrogens (tertiary/aromatic N) is 1. The minimum Gasteiger partial charge on any atom is -0.359 e. The number of aromatic amines is 1. The van der Waals surface area contributed by atoms with E-state index in [1.807, 2.05) is 13.8 Å². The van der Waals surface area contributed by atoms with Crippen molar-refractivity contribution in [2.45, 2.75) is 46.6 Å². The fraction of sp³-hybridized carbons (Fsp3) is 0.714. The summed E-state index contributed by atoms with van der Waals surface area (Å²) in [6.45, 7) is 7.11. The van der Waals surface area contributed by atoms with Crippen molar-refractivity contribution in [3.63, 3.8) is 0 Å². The highest BCUT2D eigenvalue weighted by Gasteiger charge is 2.26. The second-order valence-corrected chi connectivity index (χ2v) is 5.98. The van der Waals surface area contributed by atoms with Gasteiger partial charge in [0.15, 0.2) is 5.15 Å². The lowest BCUT2D eigenvalue weighted by Crippen LogP contribution is -2.41.